The van der Waals surface area contributed by atoms with Crippen LogP contribution < -0.4 is 5.69 Å². The number of aromatic nitrogens is 6. The molecule has 2 aromatic carbocycles. The van der Waals surface area contributed by atoms with E-state index in [9.17, 15) is 22.8 Å². The van der Waals surface area contributed by atoms with E-state index in [1.165, 1.54) is 18.0 Å². The molecule has 2 heterocycles. The summed E-state index contributed by atoms with van der Waals surface area (Å²) in [6.45, 7) is -0.835. The van der Waals surface area contributed by atoms with Gasteiger partial charge in [-0.2, -0.15) is 13.2 Å². The minimum absolute atomic E-state index is 0.0433. The molecule has 37 heavy (non-hydrogen) atoms. The standard InChI is InChI=1S/C23H19Cl2F3N6O3/c1-37-21(35)19(17-4-2-3-5-18(17)25)33-12-16(29-31-33)13-34-22(36)32(11-10-23(26,27)28)20(30-34)14-6-8-15(24)9-7-14/h2-9,12,19H,10-11,13H2,1H3. The largest absolute Gasteiger partial charge is 0.467 e. The number of esters is 1. The fourth-order valence-corrected chi connectivity index (χ4v) is 4.01. The van der Waals surface area contributed by atoms with Gasteiger partial charge >= 0.3 is 17.8 Å². The number of halogens is 5. The molecule has 0 radical (unpaired) electrons. The first-order valence-corrected chi connectivity index (χ1v) is 11.6. The number of hydrogen-bond acceptors (Lipinski definition) is 6. The number of carbonyl (C=O) groups excluding carboxylic acids is 1. The minimum Gasteiger partial charge on any atom is -0.467 e. The van der Waals surface area contributed by atoms with Gasteiger partial charge in [-0.15, -0.1) is 10.2 Å². The van der Waals surface area contributed by atoms with Gasteiger partial charge in [0.15, 0.2) is 11.9 Å². The Balaban J connectivity index is 1.69. The lowest BCUT2D eigenvalue weighted by Crippen LogP contribution is -2.27. The van der Waals surface area contributed by atoms with Gasteiger partial charge in [-0.05, 0) is 30.3 Å². The number of carbonyl (C=O) groups is 1. The molecule has 9 nitrogen and oxygen atoms in total. The molecule has 0 amide bonds. The molecule has 194 valence electrons. The molecule has 4 aromatic rings. The van der Waals surface area contributed by atoms with Crippen LogP contribution in [-0.4, -0.2) is 48.6 Å². The van der Waals surface area contributed by atoms with Crippen molar-refractivity contribution in [2.45, 2.75) is 31.7 Å². The predicted octanol–water partition coefficient (Wildman–Crippen LogP) is 4.37. The van der Waals surface area contributed by atoms with E-state index in [2.05, 4.69) is 15.4 Å². The van der Waals surface area contributed by atoms with Crippen LogP contribution in [0.2, 0.25) is 10.0 Å². The van der Waals surface area contributed by atoms with Crippen molar-refractivity contribution in [1.82, 2.24) is 29.3 Å². The van der Waals surface area contributed by atoms with Crippen molar-refractivity contribution in [3.63, 3.8) is 0 Å². The smallest absolute Gasteiger partial charge is 0.390 e. The van der Waals surface area contributed by atoms with Gasteiger partial charge in [-0.3, -0.25) is 4.57 Å². The third-order valence-electron chi connectivity index (χ3n) is 5.40. The highest BCUT2D eigenvalue weighted by Crippen LogP contribution is 2.27. The minimum atomic E-state index is -4.47. The predicted molar refractivity (Wildman–Crippen MR) is 128 cm³/mol. The van der Waals surface area contributed by atoms with Crippen LogP contribution >= 0.6 is 23.2 Å². The van der Waals surface area contributed by atoms with E-state index >= 15 is 0 Å². The molecule has 2 aromatic heterocycles. The number of nitrogens with zero attached hydrogens (tertiary/aromatic N) is 6. The Bertz CT molecular complexity index is 1460. The van der Waals surface area contributed by atoms with Crippen molar-refractivity contribution in [3.05, 3.63) is 86.5 Å². The van der Waals surface area contributed by atoms with E-state index in [0.29, 0.717) is 21.2 Å². The monoisotopic (exact) mass is 554 g/mol. The molecule has 1 unspecified atom stereocenters. The summed E-state index contributed by atoms with van der Waals surface area (Å²) < 4.78 is 46.8. The second-order valence-electron chi connectivity index (χ2n) is 7.92. The Morgan fingerprint density at radius 2 is 1.81 bits per heavy atom. The zero-order valence-corrected chi connectivity index (χ0v) is 20.7. The van der Waals surface area contributed by atoms with Crippen LogP contribution in [0.25, 0.3) is 11.4 Å². The normalized spacial score (nSPS) is 12.5. The summed E-state index contributed by atoms with van der Waals surface area (Å²) in [5.41, 5.74) is 0.298. The maximum Gasteiger partial charge on any atom is 0.390 e. The van der Waals surface area contributed by atoms with Crippen LogP contribution in [0.15, 0.2) is 59.5 Å². The molecule has 0 aliphatic heterocycles. The molecule has 0 N–H and O–H groups in total. The van der Waals surface area contributed by atoms with Gasteiger partial charge in [0.2, 0.25) is 0 Å². The highest BCUT2D eigenvalue weighted by Gasteiger charge is 2.29. The Hall–Kier alpha value is -3.64. The Morgan fingerprint density at radius 3 is 2.46 bits per heavy atom. The van der Waals surface area contributed by atoms with E-state index in [-0.39, 0.29) is 18.1 Å². The molecule has 14 heteroatoms. The molecule has 0 spiro atoms. The number of rotatable bonds is 8. The molecule has 1 atom stereocenters. The van der Waals surface area contributed by atoms with E-state index in [0.717, 1.165) is 9.25 Å². The molecule has 0 saturated carbocycles. The lowest BCUT2D eigenvalue weighted by atomic mass is 10.1. The molecule has 0 aliphatic carbocycles. The Kier molecular flexibility index (Phi) is 7.69. The van der Waals surface area contributed by atoms with Crippen LogP contribution in [0.1, 0.15) is 23.7 Å². The second kappa shape index (κ2) is 10.8. The summed E-state index contributed by atoms with van der Waals surface area (Å²) in [5.74, 6) is -0.606. The van der Waals surface area contributed by atoms with Gasteiger partial charge in [-0.1, -0.05) is 46.6 Å². The first-order chi connectivity index (χ1) is 17.6. The van der Waals surface area contributed by atoms with Gasteiger partial charge in [0, 0.05) is 27.7 Å². The van der Waals surface area contributed by atoms with Crippen molar-refractivity contribution in [2.75, 3.05) is 7.11 Å². The quantitative estimate of drug-likeness (QED) is 0.300. The topological polar surface area (TPSA) is 96.8 Å². The molecule has 0 bridgehead atoms. The van der Waals surface area contributed by atoms with Crippen molar-refractivity contribution in [2.24, 2.45) is 0 Å². The van der Waals surface area contributed by atoms with Crippen LogP contribution in [0.4, 0.5) is 13.2 Å². The first kappa shape index (κ1) is 26.4. The second-order valence-corrected chi connectivity index (χ2v) is 8.77. The number of ether oxygens (including phenoxy) is 1. The van der Waals surface area contributed by atoms with Gasteiger partial charge in [0.05, 0.1) is 26.3 Å². The number of benzene rings is 2. The summed E-state index contributed by atoms with van der Waals surface area (Å²) in [4.78, 5) is 25.6. The van der Waals surface area contributed by atoms with Crippen LogP contribution in [-0.2, 0) is 22.6 Å². The van der Waals surface area contributed by atoms with Crippen molar-refractivity contribution in [1.29, 1.82) is 0 Å². The van der Waals surface area contributed by atoms with Gasteiger partial charge in [-0.25, -0.2) is 19.0 Å². The lowest BCUT2D eigenvalue weighted by Gasteiger charge is -2.16. The van der Waals surface area contributed by atoms with E-state index in [1.807, 2.05) is 0 Å². The number of alkyl halides is 3. The third kappa shape index (κ3) is 6.03. The van der Waals surface area contributed by atoms with Crippen LogP contribution in [0.3, 0.4) is 0 Å². The molecule has 4 rings (SSSR count). The summed E-state index contributed by atoms with van der Waals surface area (Å²) >= 11 is 12.2. The fraction of sp³-hybridized carbons (Fsp3) is 0.261. The summed E-state index contributed by atoms with van der Waals surface area (Å²) in [5, 5.41) is 13.0. The molecule has 0 fully saturated rings. The van der Waals surface area contributed by atoms with E-state index in [4.69, 9.17) is 27.9 Å². The fourth-order valence-electron chi connectivity index (χ4n) is 3.65. The third-order valence-corrected chi connectivity index (χ3v) is 6.00. The average Bonchev–Trinajstić information content (AvgIpc) is 3.43. The van der Waals surface area contributed by atoms with Gasteiger partial charge in [0.1, 0.15) is 5.69 Å². The van der Waals surface area contributed by atoms with Crippen molar-refractivity contribution >= 4 is 29.2 Å². The molecule has 0 saturated heterocycles. The molecular weight excluding hydrogens is 536 g/mol. The zero-order chi connectivity index (χ0) is 26.7. The summed E-state index contributed by atoms with van der Waals surface area (Å²) in [7, 11) is 1.22. The Morgan fingerprint density at radius 1 is 1.11 bits per heavy atom. The SMILES string of the molecule is COC(=O)C(c1ccccc1Cl)n1cc(Cn2nc(-c3ccc(Cl)cc3)n(CCC(F)(F)F)c2=O)nn1. The lowest BCUT2D eigenvalue weighted by molar-refractivity contribution is -0.143. The maximum atomic E-state index is 13.0. The molecular formula is C23H19Cl2F3N6O3. The Labute approximate surface area is 218 Å². The van der Waals surface area contributed by atoms with Gasteiger partial charge in [0.25, 0.3) is 0 Å². The summed E-state index contributed by atoms with van der Waals surface area (Å²) in [6.07, 6.45) is -4.27. The number of hydrogen-bond donors (Lipinski definition) is 0. The summed E-state index contributed by atoms with van der Waals surface area (Å²) in [6, 6.07) is 11.8. The van der Waals surface area contributed by atoms with Crippen molar-refractivity contribution in [3.8, 4) is 11.4 Å². The molecule has 0 aliphatic rings. The van der Waals surface area contributed by atoms with Crippen LogP contribution in [0.5, 0.6) is 0 Å². The van der Waals surface area contributed by atoms with Gasteiger partial charge < -0.3 is 4.74 Å². The maximum absolute atomic E-state index is 13.0. The highest BCUT2D eigenvalue weighted by molar-refractivity contribution is 6.31. The zero-order valence-electron chi connectivity index (χ0n) is 19.2. The average molecular weight is 555 g/mol. The number of methoxy groups -OCH3 is 1. The van der Waals surface area contributed by atoms with Crippen LogP contribution in [0, 0.1) is 0 Å². The van der Waals surface area contributed by atoms with Crippen molar-refractivity contribution < 1.29 is 22.7 Å². The van der Waals surface area contributed by atoms with E-state index in [1.54, 1.807) is 48.5 Å². The first-order valence-electron chi connectivity index (χ1n) is 10.8. The van der Waals surface area contributed by atoms with E-state index < -0.39 is 36.8 Å². The highest BCUT2D eigenvalue weighted by atomic mass is 35.5.